The Morgan fingerprint density at radius 3 is 3.05 bits per heavy atom. The van der Waals surface area contributed by atoms with E-state index in [1.165, 1.54) is 19.3 Å². The molecule has 3 nitrogen and oxygen atoms in total. The molecular weight excluding hydrogens is 301 g/mol. The van der Waals surface area contributed by atoms with Gasteiger partial charge >= 0.3 is 0 Å². The van der Waals surface area contributed by atoms with Gasteiger partial charge in [0.25, 0.3) is 0 Å². The first-order chi connectivity index (χ1) is 9.24. The highest BCUT2D eigenvalue weighted by Gasteiger charge is 2.31. The standard InChI is InChI=1S/C13H15Cl2N3S/c1-19-11-4-2-3-10(11)18-12(6-14)17-9-5-8(15)7-16-13(9)18/h5,7,10-11H,2-4,6H2,1H3. The number of alkyl halides is 1. The summed E-state index contributed by atoms with van der Waals surface area (Å²) in [7, 11) is 0. The van der Waals surface area contributed by atoms with E-state index in [1.54, 1.807) is 6.20 Å². The fourth-order valence-corrected chi connectivity index (χ4v) is 4.24. The monoisotopic (exact) mass is 315 g/mol. The number of pyridine rings is 1. The lowest BCUT2D eigenvalue weighted by atomic mass is 10.2. The van der Waals surface area contributed by atoms with Crippen LogP contribution in [0.4, 0.5) is 0 Å². The average Bonchev–Trinajstić information content (AvgIpc) is 3.00. The number of hydrogen-bond donors (Lipinski definition) is 0. The Labute approximate surface area is 126 Å². The molecule has 0 amide bonds. The number of imidazole rings is 1. The van der Waals surface area contributed by atoms with Crippen molar-refractivity contribution in [3.05, 3.63) is 23.1 Å². The molecule has 2 aromatic rings. The molecule has 6 heteroatoms. The van der Waals surface area contributed by atoms with Crippen molar-refractivity contribution in [2.24, 2.45) is 0 Å². The second-order valence-electron chi connectivity index (χ2n) is 4.80. The molecule has 1 fully saturated rings. The molecule has 2 atom stereocenters. The minimum Gasteiger partial charge on any atom is -0.307 e. The minimum atomic E-state index is 0.408. The van der Waals surface area contributed by atoms with Gasteiger partial charge < -0.3 is 4.57 Å². The lowest BCUT2D eigenvalue weighted by molar-refractivity contribution is 0.524. The second kappa shape index (κ2) is 5.51. The fourth-order valence-electron chi connectivity index (χ4n) is 2.92. The highest BCUT2D eigenvalue weighted by atomic mass is 35.5. The number of halogens is 2. The summed E-state index contributed by atoms with van der Waals surface area (Å²) in [4.78, 5) is 9.04. The molecule has 0 radical (unpaired) electrons. The van der Waals surface area contributed by atoms with Crippen LogP contribution in [0.1, 0.15) is 31.1 Å². The van der Waals surface area contributed by atoms with Crippen molar-refractivity contribution in [3.63, 3.8) is 0 Å². The maximum absolute atomic E-state index is 6.06. The summed E-state index contributed by atoms with van der Waals surface area (Å²) in [5, 5.41) is 1.24. The van der Waals surface area contributed by atoms with E-state index in [1.807, 2.05) is 17.8 Å². The molecule has 0 N–H and O–H groups in total. The molecule has 2 unspecified atom stereocenters. The van der Waals surface area contributed by atoms with Crippen LogP contribution in [-0.2, 0) is 5.88 Å². The molecule has 3 rings (SSSR count). The van der Waals surface area contributed by atoms with Crippen molar-refractivity contribution in [2.45, 2.75) is 36.4 Å². The molecule has 2 heterocycles. The Morgan fingerprint density at radius 1 is 1.47 bits per heavy atom. The molecule has 0 bridgehead atoms. The summed E-state index contributed by atoms with van der Waals surface area (Å²) in [6.07, 6.45) is 7.53. The van der Waals surface area contributed by atoms with Gasteiger partial charge in [-0.2, -0.15) is 11.8 Å². The summed E-state index contributed by atoms with van der Waals surface area (Å²) < 4.78 is 2.23. The SMILES string of the molecule is CSC1CCCC1n1c(CCl)nc2cc(Cl)cnc21. The number of thioether (sulfide) groups is 1. The third kappa shape index (κ3) is 2.34. The normalized spacial score (nSPS) is 23.3. The highest BCUT2D eigenvalue weighted by molar-refractivity contribution is 7.99. The molecule has 0 aliphatic heterocycles. The Hall–Kier alpha value is -0.450. The lowest BCUT2D eigenvalue weighted by Crippen LogP contribution is -2.18. The number of rotatable bonds is 3. The van der Waals surface area contributed by atoms with Gasteiger partial charge in [0.2, 0.25) is 0 Å². The zero-order valence-corrected chi connectivity index (χ0v) is 13.0. The minimum absolute atomic E-state index is 0.408. The molecule has 2 aromatic heterocycles. The van der Waals surface area contributed by atoms with Crippen LogP contribution in [0, 0.1) is 0 Å². The van der Waals surface area contributed by atoms with E-state index < -0.39 is 0 Å². The molecule has 0 spiro atoms. The van der Waals surface area contributed by atoms with Crippen LogP contribution in [0.5, 0.6) is 0 Å². The van der Waals surface area contributed by atoms with Crippen molar-refractivity contribution in [1.82, 2.24) is 14.5 Å². The van der Waals surface area contributed by atoms with Gasteiger partial charge in [0.15, 0.2) is 5.65 Å². The van der Waals surface area contributed by atoms with E-state index in [4.69, 9.17) is 23.2 Å². The molecule has 102 valence electrons. The summed E-state index contributed by atoms with van der Waals surface area (Å²) in [6, 6.07) is 2.31. The van der Waals surface area contributed by atoms with Crippen molar-refractivity contribution in [2.75, 3.05) is 6.26 Å². The van der Waals surface area contributed by atoms with Gasteiger partial charge in [-0.25, -0.2) is 9.97 Å². The van der Waals surface area contributed by atoms with Gasteiger partial charge in [-0.3, -0.25) is 0 Å². The van der Waals surface area contributed by atoms with Crippen LogP contribution >= 0.6 is 35.0 Å². The highest BCUT2D eigenvalue weighted by Crippen LogP contribution is 2.39. The second-order valence-corrected chi connectivity index (χ2v) is 6.58. The summed E-state index contributed by atoms with van der Waals surface area (Å²) >= 11 is 14.0. The third-order valence-electron chi connectivity index (χ3n) is 3.74. The van der Waals surface area contributed by atoms with Crippen LogP contribution in [0.15, 0.2) is 12.3 Å². The zero-order chi connectivity index (χ0) is 13.4. The molecular formula is C13H15Cl2N3S. The maximum atomic E-state index is 6.06. The van der Waals surface area contributed by atoms with E-state index in [2.05, 4.69) is 20.8 Å². The van der Waals surface area contributed by atoms with E-state index in [0.29, 0.717) is 22.2 Å². The predicted octanol–water partition coefficient (Wildman–Crippen LogP) is 4.28. The smallest absolute Gasteiger partial charge is 0.160 e. The Balaban J connectivity index is 2.15. The van der Waals surface area contributed by atoms with E-state index >= 15 is 0 Å². The van der Waals surface area contributed by atoms with Crippen LogP contribution in [0.2, 0.25) is 5.02 Å². The molecule has 0 aromatic carbocycles. The van der Waals surface area contributed by atoms with Gasteiger partial charge in [-0.1, -0.05) is 18.0 Å². The fraction of sp³-hybridized carbons (Fsp3) is 0.538. The average molecular weight is 316 g/mol. The Morgan fingerprint density at radius 2 is 2.32 bits per heavy atom. The van der Waals surface area contributed by atoms with Gasteiger partial charge in [-0.15, -0.1) is 11.6 Å². The predicted molar refractivity (Wildman–Crippen MR) is 82.3 cm³/mol. The topological polar surface area (TPSA) is 30.7 Å². The van der Waals surface area contributed by atoms with Crippen molar-refractivity contribution in [3.8, 4) is 0 Å². The van der Waals surface area contributed by atoms with Crippen LogP contribution in [0.3, 0.4) is 0 Å². The first-order valence-electron chi connectivity index (χ1n) is 6.35. The number of hydrogen-bond acceptors (Lipinski definition) is 3. The third-order valence-corrected chi connectivity index (χ3v) is 5.34. The number of nitrogens with zero attached hydrogens (tertiary/aromatic N) is 3. The van der Waals surface area contributed by atoms with E-state index in [0.717, 1.165) is 17.0 Å². The van der Waals surface area contributed by atoms with E-state index in [9.17, 15) is 0 Å². The van der Waals surface area contributed by atoms with Gasteiger partial charge in [0.1, 0.15) is 11.3 Å². The van der Waals surface area contributed by atoms with Crippen LogP contribution in [0.25, 0.3) is 11.2 Å². The maximum Gasteiger partial charge on any atom is 0.160 e. The lowest BCUT2D eigenvalue weighted by Gasteiger charge is -2.21. The first-order valence-corrected chi connectivity index (χ1v) is 8.55. The first kappa shape index (κ1) is 13.5. The Kier molecular flexibility index (Phi) is 3.92. The largest absolute Gasteiger partial charge is 0.307 e. The summed E-state index contributed by atoms with van der Waals surface area (Å²) in [5.41, 5.74) is 1.75. The molecule has 19 heavy (non-hydrogen) atoms. The Bertz CT molecular complexity index is 599. The van der Waals surface area contributed by atoms with Crippen molar-refractivity contribution in [1.29, 1.82) is 0 Å². The molecule has 1 aliphatic carbocycles. The van der Waals surface area contributed by atoms with Crippen molar-refractivity contribution >= 4 is 46.1 Å². The van der Waals surface area contributed by atoms with Crippen molar-refractivity contribution < 1.29 is 0 Å². The van der Waals surface area contributed by atoms with Gasteiger partial charge in [0, 0.05) is 17.5 Å². The summed E-state index contributed by atoms with van der Waals surface area (Å²) in [6.45, 7) is 0. The molecule has 1 aliphatic rings. The number of aromatic nitrogens is 3. The molecule has 0 saturated heterocycles. The zero-order valence-electron chi connectivity index (χ0n) is 10.6. The van der Waals surface area contributed by atoms with Gasteiger partial charge in [-0.05, 0) is 25.2 Å². The molecule has 1 saturated carbocycles. The summed E-state index contributed by atoms with van der Waals surface area (Å²) in [5.74, 6) is 1.31. The number of fused-ring (bicyclic) bond motifs is 1. The quantitative estimate of drug-likeness (QED) is 0.792. The van der Waals surface area contributed by atoms with Crippen LogP contribution < -0.4 is 0 Å². The van der Waals surface area contributed by atoms with Crippen LogP contribution in [-0.4, -0.2) is 26.0 Å². The van der Waals surface area contributed by atoms with Gasteiger partial charge in [0.05, 0.1) is 10.9 Å². The van der Waals surface area contributed by atoms with E-state index in [-0.39, 0.29) is 0 Å².